The van der Waals surface area contributed by atoms with E-state index < -0.39 is 0 Å². The van der Waals surface area contributed by atoms with Crippen LogP contribution in [0.2, 0.25) is 0 Å². The largest absolute Gasteiger partial charge is 0.381 e. The van der Waals surface area contributed by atoms with Crippen LogP contribution in [0.15, 0.2) is 28.7 Å². The molecule has 1 aromatic rings. The topological polar surface area (TPSA) is 9.23 Å². The SMILES string of the molecule is CCCOCCC(CBr)(CBr)c1cccc(Br)c1. The molecule has 0 aliphatic carbocycles. The van der Waals surface area contributed by atoms with Gasteiger partial charge in [-0.25, -0.2) is 0 Å². The molecule has 0 radical (unpaired) electrons. The highest BCUT2D eigenvalue weighted by molar-refractivity contribution is 9.10. The molecule has 0 fully saturated rings. The smallest absolute Gasteiger partial charge is 0.0475 e. The van der Waals surface area contributed by atoms with Gasteiger partial charge in [0.15, 0.2) is 0 Å². The van der Waals surface area contributed by atoms with Crippen LogP contribution in [-0.2, 0) is 10.2 Å². The molecule has 0 N–H and O–H groups in total. The molecule has 0 atom stereocenters. The van der Waals surface area contributed by atoms with Gasteiger partial charge in [0.2, 0.25) is 0 Å². The monoisotopic (exact) mass is 440 g/mol. The fraction of sp³-hybridized carbons (Fsp3) is 0.571. The summed E-state index contributed by atoms with van der Waals surface area (Å²) in [5, 5.41) is 1.86. The lowest BCUT2D eigenvalue weighted by Crippen LogP contribution is -2.32. The van der Waals surface area contributed by atoms with Crippen molar-refractivity contribution in [2.75, 3.05) is 23.9 Å². The molecule has 0 saturated heterocycles. The van der Waals surface area contributed by atoms with E-state index in [2.05, 4.69) is 79.0 Å². The van der Waals surface area contributed by atoms with Gasteiger partial charge < -0.3 is 4.74 Å². The minimum absolute atomic E-state index is 0.0948. The van der Waals surface area contributed by atoms with Crippen LogP contribution < -0.4 is 0 Å². The summed E-state index contributed by atoms with van der Waals surface area (Å²) in [7, 11) is 0. The van der Waals surface area contributed by atoms with Crippen molar-refractivity contribution in [2.45, 2.75) is 25.2 Å². The molecule has 0 saturated carbocycles. The summed E-state index contributed by atoms with van der Waals surface area (Å²) in [4.78, 5) is 0. The maximum atomic E-state index is 5.64. The van der Waals surface area contributed by atoms with Crippen LogP contribution >= 0.6 is 47.8 Å². The van der Waals surface area contributed by atoms with Gasteiger partial charge in [-0.15, -0.1) is 0 Å². The number of hydrogen-bond donors (Lipinski definition) is 0. The van der Waals surface area contributed by atoms with Gasteiger partial charge in [-0.2, -0.15) is 0 Å². The van der Waals surface area contributed by atoms with Crippen molar-refractivity contribution < 1.29 is 4.74 Å². The molecule has 1 rings (SSSR count). The third-order valence-electron chi connectivity index (χ3n) is 3.02. The predicted octanol–water partition coefficient (Wildman–Crippen LogP) is 5.29. The second-order valence-corrected chi connectivity index (χ2v) is 6.46. The molecule has 0 bridgehead atoms. The molecule has 0 aliphatic heterocycles. The Balaban J connectivity index is 2.79. The predicted molar refractivity (Wildman–Crippen MR) is 89.1 cm³/mol. The van der Waals surface area contributed by atoms with Gasteiger partial charge >= 0.3 is 0 Å². The Morgan fingerprint density at radius 3 is 2.44 bits per heavy atom. The Morgan fingerprint density at radius 2 is 1.89 bits per heavy atom. The Labute approximate surface area is 135 Å². The van der Waals surface area contributed by atoms with E-state index in [0.717, 1.165) is 41.2 Å². The van der Waals surface area contributed by atoms with Gasteiger partial charge in [0, 0.05) is 33.8 Å². The van der Waals surface area contributed by atoms with Crippen LogP contribution in [0.5, 0.6) is 0 Å². The number of hydrogen-bond acceptors (Lipinski definition) is 1. The fourth-order valence-corrected chi connectivity index (χ4v) is 4.34. The molecule has 4 heteroatoms. The molecule has 1 aromatic carbocycles. The molecule has 0 aromatic heterocycles. The molecule has 0 amide bonds. The number of ether oxygens (including phenoxy) is 1. The molecule has 0 unspecified atom stereocenters. The van der Waals surface area contributed by atoms with E-state index in [-0.39, 0.29) is 5.41 Å². The summed E-state index contributed by atoms with van der Waals surface area (Å²) < 4.78 is 6.77. The first-order chi connectivity index (χ1) is 8.68. The van der Waals surface area contributed by atoms with Crippen LogP contribution in [-0.4, -0.2) is 23.9 Å². The second kappa shape index (κ2) is 8.72. The summed E-state index contributed by atoms with van der Waals surface area (Å²) in [6.07, 6.45) is 2.09. The minimum atomic E-state index is 0.0948. The number of halogens is 3. The van der Waals surface area contributed by atoms with E-state index in [0.29, 0.717) is 0 Å². The molecular weight excluding hydrogens is 424 g/mol. The van der Waals surface area contributed by atoms with Crippen LogP contribution in [0.1, 0.15) is 25.3 Å². The average Bonchev–Trinajstić information content (AvgIpc) is 2.40. The van der Waals surface area contributed by atoms with Crippen LogP contribution in [0.4, 0.5) is 0 Å². The van der Waals surface area contributed by atoms with Gasteiger partial charge in [0.25, 0.3) is 0 Å². The number of rotatable bonds is 8. The first kappa shape index (κ1) is 16.7. The summed E-state index contributed by atoms with van der Waals surface area (Å²) in [5.41, 5.74) is 1.43. The van der Waals surface area contributed by atoms with E-state index in [1.165, 1.54) is 5.56 Å². The minimum Gasteiger partial charge on any atom is -0.381 e. The fourth-order valence-electron chi connectivity index (χ4n) is 1.80. The van der Waals surface area contributed by atoms with Crippen molar-refractivity contribution in [1.29, 1.82) is 0 Å². The average molecular weight is 443 g/mol. The van der Waals surface area contributed by atoms with Crippen LogP contribution in [0.3, 0.4) is 0 Å². The molecule has 0 heterocycles. The third-order valence-corrected chi connectivity index (χ3v) is 5.66. The van der Waals surface area contributed by atoms with Crippen molar-refractivity contribution >= 4 is 47.8 Å². The van der Waals surface area contributed by atoms with E-state index >= 15 is 0 Å². The Bertz CT molecular complexity index is 351. The lowest BCUT2D eigenvalue weighted by Gasteiger charge is -2.31. The van der Waals surface area contributed by atoms with E-state index in [1.807, 2.05) is 0 Å². The molecule has 102 valence electrons. The van der Waals surface area contributed by atoms with Crippen LogP contribution in [0.25, 0.3) is 0 Å². The molecule has 1 nitrogen and oxygen atoms in total. The van der Waals surface area contributed by atoms with Gasteiger partial charge in [0.05, 0.1) is 0 Å². The summed E-state index contributed by atoms with van der Waals surface area (Å²) >= 11 is 10.9. The second-order valence-electron chi connectivity index (χ2n) is 4.42. The molecule has 18 heavy (non-hydrogen) atoms. The van der Waals surface area contributed by atoms with Gasteiger partial charge in [0.1, 0.15) is 0 Å². The Kier molecular flexibility index (Phi) is 8.08. The van der Waals surface area contributed by atoms with Gasteiger partial charge in [-0.05, 0) is 30.5 Å². The Hall–Kier alpha value is 0.620. The van der Waals surface area contributed by atoms with E-state index in [1.54, 1.807) is 0 Å². The standard InChI is InChI=1S/C14H19Br3O/c1-2-7-18-8-6-14(10-15,11-16)12-4-3-5-13(17)9-12/h3-5,9H,2,6-8,10-11H2,1H3. The maximum Gasteiger partial charge on any atom is 0.0475 e. The highest BCUT2D eigenvalue weighted by atomic mass is 79.9. The zero-order valence-electron chi connectivity index (χ0n) is 10.6. The van der Waals surface area contributed by atoms with Crippen molar-refractivity contribution in [3.8, 4) is 0 Å². The lowest BCUT2D eigenvalue weighted by atomic mass is 9.82. The van der Waals surface area contributed by atoms with Crippen molar-refractivity contribution in [3.05, 3.63) is 34.3 Å². The highest BCUT2D eigenvalue weighted by Gasteiger charge is 2.30. The van der Waals surface area contributed by atoms with E-state index in [4.69, 9.17) is 4.74 Å². The van der Waals surface area contributed by atoms with Gasteiger partial charge in [-0.3, -0.25) is 0 Å². The van der Waals surface area contributed by atoms with E-state index in [9.17, 15) is 0 Å². The summed E-state index contributed by atoms with van der Waals surface area (Å²) in [5.74, 6) is 0. The third kappa shape index (κ3) is 4.62. The molecular formula is C14H19Br3O. The first-order valence-corrected chi connectivity index (χ1v) is 9.18. The van der Waals surface area contributed by atoms with Crippen molar-refractivity contribution in [1.82, 2.24) is 0 Å². The number of alkyl halides is 2. The molecule has 0 spiro atoms. The Morgan fingerprint density at radius 1 is 1.17 bits per heavy atom. The summed E-state index contributed by atoms with van der Waals surface area (Å²) in [6.45, 7) is 3.78. The lowest BCUT2D eigenvalue weighted by molar-refractivity contribution is 0.120. The van der Waals surface area contributed by atoms with Crippen molar-refractivity contribution in [3.63, 3.8) is 0 Å². The zero-order chi connectivity index (χ0) is 13.4. The molecule has 0 aliphatic rings. The normalized spacial score (nSPS) is 11.8. The van der Waals surface area contributed by atoms with Crippen molar-refractivity contribution in [2.24, 2.45) is 0 Å². The highest BCUT2D eigenvalue weighted by Crippen LogP contribution is 2.33. The first-order valence-electron chi connectivity index (χ1n) is 6.14. The zero-order valence-corrected chi connectivity index (χ0v) is 15.4. The quantitative estimate of drug-likeness (QED) is 0.392. The van der Waals surface area contributed by atoms with Gasteiger partial charge in [-0.1, -0.05) is 66.8 Å². The maximum absolute atomic E-state index is 5.64. The number of benzene rings is 1. The summed E-state index contributed by atoms with van der Waals surface area (Å²) in [6, 6.07) is 8.53. The van der Waals surface area contributed by atoms with Crippen LogP contribution in [0, 0.1) is 0 Å².